The Morgan fingerprint density at radius 2 is 1.71 bits per heavy atom. The van der Waals surface area contributed by atoms with Gasteiger partial charge < -0.3 is 15.5 Å². The van der Waals surface area contributed by atoms with Gasteiger partial charge in [-0.25, -0.2) is 0 Å². The summed E-state index contributed by atoms with van der Waals surface area (Å²) in [4.78, 5) is 0. The molecular formula is C14H21NO2. The Balaban J connectivity index is 2.00. The van der Waals surface area contributed by atoms with E-state index in [0.717, 1.165) is 11.5 Å². The molecule has 0 aliphatic heterocycles. The van der Waals surface area contributed by atoms with E-state index in [1.165, 1.54) is 25.3 Å². The Kier molecular flexibility index (Phi) is 3.57. The lowest BCUT2D eigenvalue weighted by molar-refractivity contribution is 0.229. The van der Waals surface area contributed by atoms with Crippen LogP contribution >= 0.6 is 0 Å². The fourth-order valence-corrected chi connectivity index (χ4v) is 2.43. The Morgan fingerprint density at radius 1 is 1.12 bits per heavy atom. The lowest BCUT2D eigenvalue weighted by Gasteiger charge is -2.34. The normalized spacial score (nSPS) is 19.6. The van der Waals surface area contributed by atoms with Gasteiger partial charge in [-0.2, -0.15) is 0 Å². The third-order valence-electron chi connectivity index (χ3n) is 3.79. The molecule has 3 nitrogen and oxygen atoms in total. The second-order valence-electron chi connectivity index (χ2n) is 5.15. The van der Waals surface area contributed by atoms with E-state index in [-0.39, 0.29) is 17.5 Å². The van der Waals surface area contributed by atoms with Crippen molar-refractivity contribution < 1.29 is 10.2 Å². The molecule has 0 aromatic heterocycles. The molecule has 1 aliphatic carbocycles. The van der Waals surface area contributed by atoms with E-state index in [2.05, 4.69) is 19.2 Å². The molecule has 1 fully saturated rings. The first-order valence-corrected chi connectivity index (χ1v) is 6.35. The predicted molar refractivity (Wildman–Crippen MR) is 68.1 cm³/mol. The molecule has 1 aromatic rings. The van der Waals surface area contributed by atoms with Gasteiger partial charge >= 0.3 is 0 Å². The van der Waals surface area contributed by atoms with Crippen LogP contribution in [-0.4, -0.2) is 16.3 Å². The van der Waals surface area contributed by atoms with Gasteiger partial charge in [0, 0.05) is 18.2 Å². The van der Waals surface area contributed by atoms with Crippen molar-refractivity contribution in [1.29, 1.82) is 0 Å². The van der Waals surface area contributed by atoms with Crippen LogP contribution in [0.15, 0.2) is 18.2 Å². The summed E-state index contributed by atoms with van der Waals surface area (Å²) < 4.78 is 0. The molecule has 1 aliphatic rings. The summed E-state index contributed by atoms with van der Waals surface area (Å²) in [5.74, 6) is 1.01. The third kappa shape index (κ3) is 2.91. The highest BCUT2D eigenvalue weighted by atomic mass is 16.3. The summed E-state index contributed by atoms with van der Waals surface area (Å²) in [5, 5.41) is 22.4. The highest BCUT2D eigenvalue weighted by Crippen LogP contribution is 2.31. The van der Waals surface area contributed by atoms with Crippen molar-refractivity contribution in [3.63, 3.8) is 0 Å². The second-order valence-corrected chi connectivity index (χ2v) is 5.15. The molecule has 2 unspecified atom stereocenters. The van der Waals surface area contributed by atoms with E-state index < -0.39 is 0 Å². The topological polar surface area (TPSA) is 52.5 Å². The lowest BCUT2D eigenvalue weighted by atomic mass is 9.80. The summed E-state index contributed by atoms with van der Waals surface area (Å²) in [6.07, 6.45) is 3.97. The van der Waals surface area contributed by atoms with Gasteiger partial charge in [0.25, 0.3) is 0 Å². The van der Waals surface area contributed by atoms with Crippen molar-refractivity contribution in [3.8, 4) is 11.5 Å². The Morgan fingerprint density at radius 3 is 2.18 bits per heavy atom. The molecule has 1 saturated carbocycles. The van der Waals surface area contributed by atoms with Crippen LogP contribution in [0, 0.1) is 5.92 Å². The quantitative estimate of drug-likeness (QED) is 0.752. The van der Waals surface area contributed by atoms with Gasteiger partial charge in [-0.3, -0.25) is 0 Å². The Bertz CT molecular complexity index is 368. The van der Waals surface area contributed by atoms with Crippen LogP contribution in [0.2, 0.25) is 0 Å². The fraction of sp³-hybridized carbons (Fsp3) is 0.571. The fourth-order valence-electron chi connectivity index (χ4n) is 2.43. The van der Waals surface area contributed by atoms with E-state index in [1.54, 1.807) is 12.1 Å². The highest BCUT2D eigenvalue weighted by molar-refractivity contribution is 5.37. The molecule has 0 radical (unpaired) electrons. The van der Waals surface area contributed by atoms with Crippen LogP contribution in [0.5, 0.6) is 11.5 Å². The van der Waals surface area contributed by atoms with Gasteiger partial charge in [0.05, 0.1) is 0 Å². The largest absolute Gasteiger partial charge is 0.508 e. The van der Waals surface area contributed by atoms with Crippen LogP contribution in [0.25, 0.3) is 0 Å². The summed E-state index contributed by atoms with van der Waals surface area (Å²) in [6, 6.07) is 5.38. The van der Waals surface area contributed by atoms with Crippen molar-refractivity contribution in [1.82, 2.24) is 5.32 Å². The van der Waals surface area contributed by atoms with Crippen LogP contribution < -0.4 is 5.32 Å². The number of aromatic hydroxyl groups is 2. The number of nitrogens with one attached hydrogen (secondary N) is 1. The van der Waals surface area contributed by atoms with Gasteiger partial charge in [0.1, 0.15) is 11.5 Å². The molecule has 2 atom stereocenters. The molecule has 2 rings (SSSR count). The monoisotopic (exact) mass is 235 g/mol. The maximum Gasteiger partial charge on any atom is 0.119 e. The zero-order valence-corrected chi connectivity index (χ0v) is 10.5. The van der Waals surface area contributed by atoms with Crippen LogP contribution in [0.4, 0.5) is 0 Å². The molecule has 0 spiro atoms. The smallest absolute Gasteiger partial charge is 0.119 e. The molecule has 0 bridgehead atoms. The predicted octanol–water partition coefficient (Wildman–Crippen LogP) is 2.94. The maximum absolute atomic E-state index is 9.46. The second kappa shape index (κ2) is 4.96. The van der Waals surface area contributed by atoms with Gasteiger partial charge in [-0.1, -0.05) is 6.42 Å². The van der Waals surface area contributed by atoms with Crippen molar-refractivity contribution in [2.45, 2.75) is 45.2 Å². The lowest BCUT2D eigenvalue weighted by Crippen LogP contribution is -2.38. The van der Waals surface area contributed by atoms with Crippen LogP contribution in [0.3, 0.4) is 0 Å². The number of hydrogen-bond acceptors (Lipinski definition) is 3. The van der Waals surface area contributed by atoms with Gasteiger partial charge in [-0.15, -0.1) is 0 Å². The van der Waals surface area contributed by atoms with Crippen molar-refractivity contribution >= 4 is 0 Å². The molecule has 3 N–H and O–H groups in total. The SMILES string of the molecule is CC(NC(C)C1CCC1)c1cc(O)cc(O)c1. The summed E-state index contributed by atoms with van der Waals surface area (Å²) in [7, 11) is 0. The first-order valence-electron chi connectivity index (χ1n) is 6.35. The number of rotatable bonds is 4. The molecular weight excluding hydrogens is 214 g/mol. The van der Waals surface area contributed by atoms with Crippen LogP contribution in [0.1, 0.15) is 44.7 Å². The van der Waals surface area contributed by atoms with Gasteiger partial charge in [0.15, 0.2) is 0 Å². The average molecular weight is 235 g/mol. The highest BCUT2D eigenvalue weighted by Gasteiger charge is 2.25. The zero-order valence-electron chi connectivity index (χ0n) is 10.5. The van der Waals surface area contributed by atoms with E-state index in [0.29, 0.717) is 6.04 Å². The van der Waals surface area contributed by atoms with Gasteiger partial charge in [-0.05, 0) is 50.3 Å². The molecule has 3 heteroatoms. The minimum atomic E-state index is 0.116. The number of hydrogen-bond donors (Lipinski definition) is 3. The summed E-state index contributed by atoms with van der Waals surface area (Å²) in [5.41, 5.74) is 0.925. The number of phenolic OH excluding ortho intramolecular Hbond substituents is 2. The molecule has 1 aromatic carbocycles. The van der Waals surface area contributed by atoms with E-state index in [4.69, 9.17) is 0 Å². The van der Waals surface area contributed by atoms with Crippen molar-refractivity contribution in [2.75, 3.05) is 0 Å². The number of phenols is 2. The standard InChI is InChI=1S/C14H21NO2/c1-9(11-4-3-5-11)15-10(2)12-6-13(16)8-14(17)7-12/h6-11,15-17H,3-5H2,1-2H3. The van der Waals surface area contributed by atoms with Gasteiger partial charge in [0.2, 0.25) is 0 Å². The first kappa shape index (κ1) is 12.2. The Hall–Kier alpha value is -1.22. The van der Waals surface area contributed by atoms with Crippen molar-refractivity contribution in [2.24, 2.45) is 5.92 Å². The molecule has 0 amide bonds. The zero-order chi connectivity index (χ0) is 12.4. The molecule has 94 valence electrons. The van der Waals surface area contributed by atoms with E-state index in [1.807, 2.05) is 0 Å². The van der Waals surface area contributed by atoms with E-state index in [9.17, 15) is 10.2 Å². The minimum Gasteiger partial charge on any atom is -0.508 e. The average Bonchev–Trinajstić information content (AvgIpc) is 2.12. The van der Waals surface area contributed by atoms with E-state index >= 15 is 0 Å². The molecule has 0 heterocycles. The summed E-state index contributed by atoms with van der Waals surface area (Å²) in [6.45, 7) is 4.27. The van der Waals surface area contributed by atoms with Crippen molar-refractivity contribution in [3.05, 3.63) is 23.8 Å². The Labute approximate surface area is 102 Å². The summed E-state index contributed by atoms with van der Waals surface area (Å²) >= 11 is 0. The maximum atomic E-state index is 9.46. The molecule has 0 saturated heterocycles. The third-order valence-corrected chi connectivity index (χ3v) is 3.79. The number of benzene rings is 1. The molecule has 17 heavy (non-hydrogen) atoms. The first-order chi connectivity index (χ1) is 8.06. The minimum absolute atomic E-state index is 0.116. The van der Waals surface area contributed by atoms with Crippen LogP contribution in [-0.2, 0) is 0 Å².